The van der Waals surface area contributed by atoms with Crippen LogP contribution < -0.4 is 51.4 Å². The Morgan fingerprint density at radius 1 is 1.44 bits per heavy atom. The molecule has 0 aromatic carbocycles. The molecule has 0 aromatic heterocycles. The Morgan fingerprint density at radius 2 is 1.44 bits per heavy atom. The van der Waals surface area contributed by atoms with E-state index in [1.807, 2.05) is 6.92 Å². The molecule has 0 rings (SSSR count). The minimum atomic E-state index is -4.67. The second-order valence-electron chi connectivity index (χ2n) is 0.948. The van der Waals surface area contributed by atoms with Gasteiger partial charge in [-0.15, -0.1) is 0 Å². The smallest absolute Gasteiger partial charge is 0.344 e. The van der Waals surface area contributed by atoms with Crippen molar-refractivity contribution >= 4 is 10.4 Å². The van der Waals surface area contributed by atoms with Crippen molar-refractivity contribution in [3.8, 4) is 0 Å². The van der Waals surface area contributed by atoms with E-state index in [9.17, 15) is 0 Å². The van der Waals surface area contributed by atoms with E-state index in [1.165, 1.54) is 0 Å². The third kappa shape index (κ3) is 236. The summed E-state index contributed by atoms with van der Waals surface area (Å²) in [5.74, 6) is 0. The third-order valence-corrected chi connectivity index (χ3v) is 0. The molecule has 0 aliphatic heterocycles. The van der Waals surface area contributed by atoms with Crippen LogP contribution in [-0.4, -0.2) is 17.5 Å². The average Bonchev–Trinajstić information content (AvgIpc) is 1.27. The maximum Gasteiger partial charge on any atom is 1.00 e. The van der Waals surface area contributed by atoms with Gasteiger partial charge in [-0.3, -0.25) is 9.11 Å². The Kier molecular flexibility index (Phi) is 17.8. The molecule has 2 N–H and O–H groups in total. The fourth-order valence-corrected chi connectivity index (χ4v) is 0. The molecule has 0 aromatic rings. The maximum absolute atomic E-state index is 8.74. The molecule has 0 aliphatic rings. The van der Waals surface area contributed by atoms with Gasteiger partial charge in [-0.25, -0.2) is 0 Å². The normalized spacial score (nSPS) is 8.44. The first-order valence-corrected chi connectivity index (χ1v) is 3.30. The Morgan fingerprint density at radius 3 is 1.44 bits per heavy atom. The summed E-state index contributed by atoms with van der Waals surface area (Å²) in [5.41, 5.74) is 0. The molecule has 0 saturated heterocycles. The van der Waals surface area contributed by atoms with Crippen LogP contribution in [0.25, 0.3) is 0 Å². The standard InChI is InChI=1S/C3H7.K.H2O4S/c1-3-2;;1-5(2,3)4/h1,3H2,2H3;;(H2,1,2,3,4)/q-1;+1;. The van der Waals surface area contributed by atoms with Crippen LogP contribution in [-0.2, 0) is 10.4 Å². The Labute approximate surface area is 98.0 Å². The van der Waals surface area contributed by atoms with Crippen molar-refractivity contribution in [2.45, 2.75) is 13.3 Å². The van der Waals surface area contributed by atoms with E-state index in [4.69, 9.17) is 17.5 Å². The predicted octanol–water partition coefficient (Wildman–Crippen LogP) is -2.42. The van der Waals surface area contributed by atoms with Crippen molar-refractivity contribution in [1.82, 2.24) is 0 Å². The van der Waals surface area contributed by atoms with Crippen LogP contribution >= 0.6 is 0 Å². The summed E-state index contributed by atoms with van der Waals surface area (Å²) in [4.78, 5) is 0. The van der Waals surface area contributed by atoms with Gasteiger partial charge in [0.1, 0.15) is 0 Å². The summed E-state index contributed by atoms with van der Waals surface area (Å²) in [7, 11) is -4.67. The van der Waals surface area contributed by atoms with Gasteiger partial charge in [0, 0.05) is 0 Å². The summed E-state index contributed by atoms with van der Waals surface area (Å²) >= 11 is 0. The van der Waals surface area contributed by atoms with Crippen molar-refractivity contribution in [2.75, 3.05) is 0 Å². The number of hydrogen-bond acceptors (Lipinski definition) is 2. The minimum absolute atomic E-state index is 0. The zero-order chi connectivity index (χ0) is 7.21. The Bertz CT molecular complexity index is 110. The number of hydrogen-bond donors (Lipinski definition) is 2. The van der Waals surface area contributed by atoms with Gasteiger partial charge in [-0.1, -0.05) is 6.92 Å². The summed E-state index contributed by atoms with van der Waals surface area (Å²) in [5, 5.41) is 0. The molecule has 0 radical (unpaired) electrons. The van der Waals surface area contributed by atoms with Crippen LogP contribution in [0.1, 0.15) is 13.3 Å². The summed E-state index contributed by atoms with van der Waals surface area (Å²) in [6.07, 6.45) is 1.00. The molecule has 0 amide bonds. The van der Waals surface area contributed by atoms with Gasteiger partial charge in [-0.2, -0.15) is 14.8 Å². The molecule has 4 nitrogen and oxygen atoms in total. The molecule has 0 saturated carbocycles. The molecule has 6 heteroatoms. The molecule has 9 heavy (non-hydrogen) atoms. The van der Waals surface area contributed by atoms with Crippen molar-refractivity contribution in [1.29, 1.82) is 0 Å². The topological polar surface area (TPSA) is 74.6 Å². The first-order valence-electron chi connectivity index (χ1n) is 1.91. The minimum Gasteiger partial charge on any atom is -0.344 e. The number of rotatable bonds is 0. The second kappa shape index (κ2) is 9.51. The molecule has 0 atom stereocenters. The van der Waals surface area contributed by atoms with E-state index in [0.29, 0.717) is 0 Å². The van der Waals surface area contributed by atoms with Gasteiger partial charge in [0.2, 0.25) is 0 Å². The van der Waals surface area contributed by atoms with Gasteiger partial charge in [0.25, 0.3) is 0 Å². The van der Waals surface area contributed by atoms with Gasteiger partial charge >= 0.3 is 61.8 Å². The third-order valence-electron chi connectivity index (χ3n) is 0. The SMILES string of the molecule is O=S(=O)(O)O.[CH2-]CC.[K+]. The summed E-state index contributed by atoms with van der Waals surface area (Å²) in [6, 6.07) is 0. The first kappa shape index (κ1) is 16.9. The Hall–Kier alpha value is 1.51. The van der Waals surface area contributed by atoms with Crippen LogP contribution in [0.2, 0.25) is 0 Å². The molecule has 0 heterocycles. The van der Waals surface area contributed by atoms with Crippen LogP contribution in [0, 0.1) is 6.92 Å². The molecule has 0 bridgehead atoms. The van der Waals surface area contributed by atoms with Gasteiger partial charge in [0.05, 0.1) is 0 Å². The quantitative estimate of drug-likeness (QED) is 0.247. The van der Waals surface area contributed by atoms with Gasteiger partial charge in [-0.05, 0) is 0 Å². The van der Waals surface area contributed by atoms with E-state index in [1.54, 1.807) is 0 Å². The van der Waals surface area contributed by atoms with Gasteiger partial charge < -0.3 is 6.92 Å². The largest absolute Gasteiger partial charge is 1.00 e. The second-order valence-corrected chi connectivity index (χ2v) is 1.84. The van der Waals surface area contributed by atoms with Crippen molar-refractivity contribution in [3.05, 3.63) is 6.92 Å². The van der Waals surface area contributed by atoms with Crippen molar-refractivity contribution < 1.29 is 68.9 Å². The Balaban J connectivity index is -0.0000000800. The molecule has 0 aliphatic carbocycles. The monoisotopic (exact) mass is 180 g/mol. The predicted molar refractivity (Wildman–Crippen MR) is 29.8 cm³/mol. The molecular formula is C3H9KO4S. The molecule has 52 valence electrons. The molecule has 0 fully saturated rings. The zero-order valence-corrected chi connectivity index (χ0v) is 9.47. The van der Waals surface area contributed by atoms with E-state index >= 15 is 0 Å². The summed E-state index contributed by atoms with van der Waals surface area (Å²) in [6.45, 7) is 5.50. The average molecular weight is 180 g/mol. The fourth-order valence-electron chi connectivity index (χ4n) is 0. The van der Waals surface area contributed by atoms with E-state index < -0.39 is 10.4 Å². The van der Waals surface area contributed by atoms with Crippen LogP contribution in [0.15, 0.2) is 0 Å². The van der Waals surface area contributed by atoms with E-state index in [0.717, 1.165) is 6.42 Å². The molecular weight excluding hydrogens is 171 g/mol. The zero-order valence-electron chi connectivity index (χ0n) is 5.53. The van der Waals surface area contributed by atoms with E-state index in [2.05, 4.69) is 6.92 Å². The van der Waals surface area contributed by atoms with Crippen LogP contribution in [0.5, 0.6) is 0 Å². The van der Waals surface area contributed by atoms with Gasteiger partial charge in [0.15, 0.2) is 0 Å². The van der Waals surface area contributed by atoms with E-state index in [-0.39, 0.29) is 51.4 Å². The molecule has 0 unspecified atom stereocenters. The molecule has 0 spiro atoms. The van der Waals surface area contributed by atoms with Crippen LogP contribution in [0.4, 0.5) is 0 Å². The van der Waals surface area contributed by atoms with Crippen LogP contribution in [0.3, 0.4) is 0 Å². The van der Waals surface area contributed by atoms with Crippen molar-refractivity contribution in [2.24, 2.45) is 0 Å². The fraction of sp³-hybridized carbons (Fsp3) is 0.667. The van der Waals surface area contributed by atoms with Crippen molar-refractivity contribution in [3.63, 3.8) is 0 Å². The summed E-state index contributed by atoms with van der Waals surface area (Å²) < 4.78 is 31.6. The maximum atomic E-state index is 8.74. The first-order chi connectivity index (χ1) is 3.41.